The lowest BCUT2D eigenvalue weighted by molar-refractivity contribution is -0.143. The number of hydrogen-bond donors (Lipinski definition) is 1. The molecule has 5 heteroatoms. The minimum absolute atomic E-state index is 0.120. The highest BCUT2D eigenvalue weighted by molar-refractivity contribution is 5.69. The second kappa shape index (κ2) is 7.87. The van der Waals surface area contributed by atoms with E-state index in [-0.39, 0.29) is 12.0 Å². The molecule has 0 bridgehead atoms. The lowest BCUT2D eigenvalue weighted by atomic mass is 10.2. The molecule has 5 nitrogen and oxygen atoms in total. The molecule has 0 aliphatic heterocycles. The molecule has 0 saturated carbocycles. The number of nitrogens with one attached hydrogen (secondary N) is 1. The summed E-state index contributed by atoms with van der Waals surface area (Å²) >= 11 is 0. The third-order valence-electron chi connectivity index (χ3n) is 2.79. The highest BCUT2D eigenvalue weighted by Crippen LogP contribution is 2.10. The molecule has 0 aliphatic rings. The van der Waals surface area contributed by atoms with E-state index < -0.39 is 0 Å². The lowest BCUT2D eigenvalue weighted by Gasteiger charge is -2.11. The zero-order valence-corrected chi connectivity index (χ0v) is 11.5. The standard InChI is InChI=1S/C13H23N3O2/c1-4-16-10-12(9-15-16)11(3)14-8-6-7-13(17)18-5-2/h9-11,14H,4-8H2,1-3H3. The molecule has 0 fully saturated rings. The fourth-order valence-corrected chi connectivity index (χ4v) is 1.68. The SMILES string of the molecule is CCOC(=O)CCCNC(C)c1cnn(CC)c1. The van der Waals surface area contributed by atoms with E-state index in [1.807, 2.05) is 24.0 Å². The van der Waals surface area contributed by atoms with Crippen molar-refractivity contribution >= 4 is 5.97 Å². The Morgan fingerprint density at radius 1 is 1.56 bits per heavy atom. The third-order valence-corrected chi connectivity index (χ3v) is 2.79. The van der Waals surface area contributed by atoms with Crippen LogP contribution in [0.1, 0.15) is 45.2 Å². The van der Waals surface area contributed by atoms with Crippen LogP contribution in [-0.4, -0.2) is 28.9 Å². The third kappa shape index (κ3) is 4.87. The number of nitrogens with zero attached hydrogens (tertiary/aromatic N) is 2. The molecule has 102 valence electrons. The summed E-state index contributed by atoms with van der Waals surface area (Å²) in [6.07, 6.45) is 5.20. The fraction of sp³-hybridized carbons (Fsp3) is 0.692. The van der Waals surface area contributed by atoms with Crippen molar-refractivity contribution in [3.8, 4) is 0 Å². The topological polar surface area (TPSA) is 56.1 Å². The van der Waals surface area contributed by atoms with Crippen LogP contribution < -0.4 is 5.32 Å². The molecule has 1 unspecified atom stereocenters. The van der Waals surface area contributed by atoms with Gasteiger partial charge in [0.05, 0.1) is 12.8 Å². The summed E-state index contributed by atoms with van der Waals surface area (Å²) in [4.78, 5) is 11.1. The molecule has 18 heavy (non-hydrogen) atoms. The summed E-state index contributed by atoms with van der Waals surface area (Å²) in [6.45, 7) is 8.13. The highest BCUT2D eigenvalue weighted by Gasteiger charge is 2.07. The molecule has 0 spiro atoms. The van der Waals surface area contributed by atoms with E-state index in [9.17, 15) is 4.79 Å². The van der Waals surface area contributed by atoms with Crippen molar-refractivity contribution in [1.82, 2.24) is 15.1 Å². The Morgan fingerprint density at radius 2 is 2.33 bits per heavy atom. The largest absolute Gasteiger partial charge is 0.466 e. The maximum Gasteiger partial charge on any atom is 0.305 e. The van der Waals surface area contributed by atoms with E-state index in [4.69, 9.17) is 4.74 Å². The van der Waals surface area contributed by atoms with Crippen molar-refractivity contribution in [3.63, 3.8) is 0 Å². The number of carbonyl (C=O) groups is 1. The minimum atomic E-state index is -0.120. The summed E-state index contributed by atoms with van der Waals surface area (Å²) in [7, 11) is 0. The van der Waals surface area contributed by atoms with Crippen molar-refractivity contribution in [2.24, 2.45) is 0 Å². The molecule has 0 aliphatic carbocycles. The summed E-state index contributed by atoms with van der Waals surface area (Å²) in [6, 6.07) is 0.257. The van der Waals surface area contributed by atoms with Gasteiger partial charge in [0.25, 0.3) is 0 Å². The molecule has 1 aromatic rings. The molecule has 1 aromatic heterocycles. The van der Waals surface area contributed by atoms with Gasteiger partial charge in [0.15, 0.2) is 0 Å². The summed E-state index contributed by atoms with van der Waals surface area (Å²) < 4.78 is 6.78. The van der Waals surface area contributed by atoms with Gasteiger partial charge in [0.1, 0.15) is 0 Å². The number of rotatable bonds is 8. The normalized spacial score (nSPS) is 12.4. The van der Waals surface area contributed by atoms with Gasteiger partial charge < -0.3 is 10.1 Å². The van der Waals surface area contributed by atoms with Gasteiger partial charge in [-0.25, -0.2) is 0 Å². The average molecular weight is 253 g/mol. The smallest absolute Gasteiger partial charge is 0.305 e. The number of aryl methyl sites for hydroxylation is 1. The average Bonchev–Trinajstić information content (AvgIpc) is 2.83. The highest BCUT2D eigenvalue weighted by atomic mass is 16.5. The molecule has 0 radical (unpaired) electrons. The molecule has 1 atom stereocenters. The molecule has 0 aromatic carbocycles. The maximum absolute atomic E-state index is 11.1. The Balaban J connectivity index is 2.20. The van der Waals surface area contributed by atoms with Crippen LogP contribution in [0.25, 0.3) is 0 Å². The Morgan fingerprint density at radius 3 is 2.94 bits per heavy atom. The molecule has 0 saturated heterocycles. The molecular weight excluding hydrogens is 230 g/mol. The van der Waals surface area contributed by atoms with Crippen molar-refractivity contribution in [2.75, 3.05) is 13.2 Å². The zero-order valence-electron chi connectivity index (χ0n) is 11.5. The number of hydrogen-bond acceptors (Lipinski definition) is 4. The first-order valence-electron chi connectivity index (χ1n) is 6.58. The van der Waals surface area contributed by atoms with E-state index in [1.54, 1.807) is 0 Å². The second-order valence-electron chi connectivity index (χ2n) is 4.21. The molecule has 1 rings (SSSR count). The van der Waals surface area contributed by atoms with Gasteiger partial charge in [0, 0.05) is 30.8 Å². The van der Waals surface area contributed by atoms with Crippen LogP contribution in [0, 0.1) is 0 Å². The van der Waals surface area contributed by atoms with Crippen LogP contribution in [0.4, 0.5) is 0 Å². The van der Waals surface area contributed by atoms with E-state index in [1.165, 1.54) is 5.56 Å². The van der Waals surface area contributed by atoms with Crippen LogP contribution in [0.2, 0.25) is 0 Å². The van der Waals surface area contributed by atoms with E-state index in [0.717, 1.165) is 19.5 Å². The Bertz CT molecular complexity index is 363. The van der Waals surface area contributed by atoms with Gasteiger partial charge >= 0.3 is 5.97 Å². The predicted molar refractivity (Wildman–Crippen MR) is 70.2 cm³/mol. The first-order valence-corrected chi connectivity index (χ1v) is 6.58. The molecular formula is C13H23N3O2. The van der Waals surface area contributed by atoms with Crippen molar-refractivity contribution in [1.29, 1.82) is 0 Å². The second-order valence-corrected chi connectivity index (χ2v) is 4.21. The molecule has 1 N–H and O–H groups in total. The Hall–Kier alpha value is -1.36. The zero-order chi connectivity index (χ0) is 13.4. The minimum Gasteiger partial charge on any atom is -0.466 e. The van der Waals surface area contributed by atoms with E-state index >= 15 is 0 Å². The van der Waals surface area contributed by atoms with Crippen LogP contribution in [0.5, 0.6) is 0 Å². The van der Waals surface area contributed by atoms with Crippen molar-refractivity contribution < 1.29 is 9.53 Å². The number of esters is 1. The quantitative estimate of drug-likeness (QED) is 0.568. The van der Waals surface area contributed by atoms with Crippen LogP contribution in [-0.2, 0) is 16.1 Å². The van der Waals surface area contributed by atoms with Crippen molar-refractivity contribution in [3.05, 3.63) is 18.0 Å². The van der Waals surface area contributed by atoms with Gasteiger partial charge in [-0.2, -0.15) is 5.10 Å². The number of aromatic nitrogens is 2. The van der Waals surface area contributed by atoms with Crippen LogP contribution >= 0.6 is 0 Å². The molecule has 0 amide bonds. The monoisotopic (exact) mass is 253 g/mol. The molecule has 1 heterocycles. The van der Waals surface area contributed by atoms with E-state index in [0.29, 0.717) is 13.0 Å². The predicted octanol–water partition coefficient (Wildman–Crippen LogP) is 1.90. The number of ether oxygens (including phenoxy) is 1. The summed E-state index contributed by atoms with van der Waals surface area (Å²) in [5, 5.41) is 7.61. The Labute approximate surface area is 109 Å². The fourth-order valence-electron chi connectivity index (χ4n) is 1.68. The van der Waals surface area contributed by atoms with Crippen molar-refractivity contribution in [2.45, 2.75) is 46.2 Å². The van der Waals surface area contributed by atoms with Gasteiger partial charge in [-0.1, -0.05) is 0 Å². The first-order chi connectivity index (χ1) is 8.67. The van der Waals surface area contributed by atoms with Gasteiger partial charge in [0.2, 0.25) is 0 Å². The summed E-state index contributed by atoms with van der Waals surface area (Å²) in [5.41, 5.74) is 1.17. The summed E-state index contributed by atoms with van der Waals surface area (Å²) in [5.74, 6) is -0.120. The van der Waals surface area contributed by atoms with Crippen LogP contribution in [0.15, 0.2) is 12.4 Å². The first kappa shape index (κ1) is 14.7. The van der Waals surface area contributed by atoms with Crippen LogP contribution in [0.3, 0.4) is 0 Å². The lowest BCUT2D eigenvalue weighted by Crippen LogP contribution is -2.20. The maximum atomic E-state index is 11.1. The van der Waals surface area contributed by atoms with Gasteiger partial charge in [-0.3, -0.25) is 9.48 Å². The van der Waals surface area contributed by atoms with Gasteiger partial charge in [-0.15, -0.1) is 0 Å². The number of carbonyl (C=O) groups excluding carboxylic acids is 1. The Kier molecular flexibility index (Phi) is 6.43. The van der Waals surface area contributed by atoms with Gasteiger partial charge in [-0.05, 0) is 33.7 Å². The van der Waals surface area contributed by atoms with E-state index in [2.05, 4.69) is 24.3 Å².